The van der Waals surface area contributed by atoms with Gasteiger partial charge in [-0.05, 0) is 27.7 Å². The number of carbonyl (C=O) groups is 1. The van der Waals surface area contributed by atoms with Crippen molar-refractivity contribution in [2.24, 2.45) is 0 Å². The zero-order chi connectivity index (χ0) is 10.3. The zero-order valence-corrected chi connectivity index (χ0v) is 8.70. The topological polar surface area (TPSA) is 44.8 Å². The molecule has 0 heterocycles. The van der Waals surface area contributed by atoms with Crippen molar-refractivity contribution in [1.29, 1.82) is 0 Å². The Morgan fingerprint density at radius 3 is 2.00 bits per heavy atom. The Hall–Kier alpha value is -0.610. The summed E-state index contributed by atoms with van der Waals surface area (Å²) in [5, 5.41) is 0. The largest absolute Gasteiger partial charge is 0.456 e. The molecule has 0 spiro atoms. The van der Waals surface area contributed by atoms with Gasteiger partial charge in [0, 0.05) is 13.2 Å². The molecule has 4 nitrogen and oxygen atoms in total. The summed E-state index contributed by atoms with van der Waals surface area (Å²) in [7, 11) is 0. The van der Waals surface area contributed by atoms with Crippen LogP contribution >= 0.6 is 0 Å². The standard InChI is InChI=1S/C9H18O4/c1-5-11-8(12-6-2)9(3,4)13-7-10/h7-8H,5-6H2,1-4H3. The highest BCUT2D eigenvalue weighted by molar-refractivity contribution is 5.38. The van der Waals surface area contributed by atoms with Crippen molar-refractivity contribution in [2.75, 3.05) is 13.2 Å². The van der Waals surface area contributed by atoms with Crippen LogP contribution in [0.2, 0.25) is 0 Å². The molecule has 0 bridgehead atoms. The maximum absolute atomic E-state index is 10.2. The Balaban J connectivity index is 4.21. The van der Waals surface area contributed by atoms with Crippen molar-refractivity contribution in [3.8, 4) is 0 Å². The fourth-order valence-corrected chi connectivity index (χ4v) is 0.932. The van der Waals surface area contributed by atoms with Gasteiger partial charge in [0.2, 0.25) is 0 Å². The van der Waals surface area contributed by atoms with E-state index in [0.29, 0.717) is 19.7 Å². The minimum atomic E-state index is -0.742. The van der Waals surface area contributed by atoms with Gasteiger partial charge in [0.15, 0.2) is 11.9 Å². The maximum Gasteiger partial charge on any atom is 0.293 e. The van der Waals surface area contributed by atoms with Gasteiger partial charge >= 0.3 is 0 Å². The lowest BCUT2D eigenvalue weighted by atomic mass is 10.1. The van der Waals surface area contributed by atoms with Crippen LogP contribution in [0.5, 0.6) is 0 Å². The van der Waals surface area contributed by atoms with Crippen LogP contribution in [0.3, 0.4) is 0 Å². The average molecular weight is 190 g/mol. The van der Waals surface area contributed by atoms with Crippen LogP contribution < -0.4 is 0 Å². The van der Waals surface area contributed by atoms with Crippen molar-refractivity contribution in [3.05, 3.63) is 0 Å². The first-order valence-corrected chi connectivity index (χ1v) is 4.43. The second kappa shape index (κ2) is 5.94. The predicted octanol–water partition coefficient (Wildman–Crippen LogP) is 1.34. The van der Waals surface area contributed by atoms with Gasteiger partial charge in [-0.15, -0.1) is 0 Å². The van der Waals surface area contributed by atoms with Crippen molar-refractivity contribution in [3.63, 3.8) is 0 Å². The normalized spacial score (nSPS) is 11.8. The number of rotatable bonds is 7. The molecule has 78 valence electrons. The molecule has 0 saturated carbocycles. The van der Waals surface area contributed by atoms with Crippen LogP contribution in [-0.2, 0) is 19.0 Å². The van der Waals surface area contributed by atoms with Gasteiger partial charge in [-0.3, -0.25) is 4.79 Å². The van der Waals surface area contributed by atoms with Gasteiger partial charge in [-0.2, -0.15) is 0 Å². The summed E-state index contributed by atoms with van der Waals surface area (Å²) in [5.74, 6) is 0. The Kier molecular flexibility index (Phi) is 5.66. The lowest BCUT2D eigenvalue weighted by Gasteiger charge is -2.31. The number of hydrogen-bond donors (Lipinski definition) is 0. The van der Waals surface area contributed by atoms with Gasteiger partial charge in [0.1, 0.15) is 0 Å². The Labute approximate surface area is 79.2 Å². The quantitative estimate of drug-likeness (QED) is 0.449. The number of hydrogen-bond acceptors (Lipinski definition) is 4. The minimum Gasteiger partial charge on any atom is -0.456 e. The smallest absolute Gasteiger partial charge is 0.293 e. The van der Waals surface area contributed by atoms with E-state index in [4.69, 9.17) is 14.2 Å². The van der Waals surface area contributed by atoms with Crippen LogP contribution in [0.15, 0.2) is 0 Å². The summed E-state index contributed by atoms with van der Waals surface area (Å²) < 4.78 is 15.5. The van der Waals surface area contributed by atoms with E-state index < -0.39 is 11.9 Å². The van der Waals surface area contributed by atoms with Crippen LogP contribution in [0.4, 0.5) is 0 Å². The van der Waals surface area contributed by atoms with E-state index in [1.165, 1.54) is 0 Å². The van der Waals surface area contributed by atoms with E-state index in [1.54, 1.807) is 13.8 Å². The third-order valence-electron chi connectivity index (χ3n) is 1.56. The molecule has 0 aromatic rings. The van der Waals surface area contributed by atoms with Crippen molar-refractivity contribution in [2.45, 2.75) is 39.6 Å². The first-order chi connectivity index (χ1) is 6.08. The maximum atomic E-state index is 10.2. The van der Waals surface area contributed by atoms with E-state index in [2.05, 4.69) is 0 Å². The Morgan fingerprint density at radius 2 is 1.69 bits per heavy atom. The molecule has 0 radical (unpaired) electrons. The molecule has 0 aromatic heterocycles. The van der Waals surface area contributed by atoms with Crippen LogP contribution in [0, 0.1) is 0 Å². The summed E-state index contributed by atoms with van der Waals surface area (Å²) in [6.45, 7) is 8.68. The summed E-state index contributed by atoms with van der Waals surface area (Å²) in [6, 6.07) is 0. The lowest BCUT2D eigenvalue weighted by molar-refractivity contribution is -0.230. The van der Waals surface area contributed by atoms with Gasteiger partial charge in [-0.1, -0.05) is 0 Å². The Morgan fingerprint density at radius 1 is 1.23 bits per heavy atom. The molecular weight excluding hydrogens is 172 g/mol. The highest BCUT2D eigenvalue weighted by atomic mass is 16.7. The molecular formula is C9H18O4. The van der Waals surface area contributed by atoms with E-state index in [0.717, 1.165) is 0 Å². The highest BCUT2D eigenvalue weighted by Gasteiger charge is 2.32. The molecule has 0 atom stereocenters. The summed E-state index contributed by atoms with van der Waals surface area (Å²) in [5.41, 5.74) is -0.742. The molecule has 0 aliphatic heterocycles. The molecule has 0 unspecified atom stereocenters. The molecule has 0 fully saturated rings. The monoisotopic (exact) mass is 190 g/mol. The van der Waals surface area contributed by atoms with Crippen molar-refractivity contribution >= 4 is 6.47 Å². The Bertz CT molecular complexity index is 139. The summed E-state index contributed by atoms with van der Waals surface area (Å²) in [6.07, 6.45) is -0.507. The molecule has 13 heavy (non-hydrogen) atoms. The van der Waals surface area contributed by atoms with Crippen LogP contribution in [-0.4, -0.2) is 31.6 Å². The molecule has 0 saturated heterocycles. The van der Waals surface area contributed by atoms with E-state index in [1.807, 2.05) is 13.8 Å². The zero-order valence-electron chi connectivity index (χ0n) is 8.70. The van der Waals surface area contributed by atoms with Gasteiger partial charge in [0.25, 0.3) is 6.47 Å². The summed E-state index contributed by atoms with van der Waals surface area (Å²) in [4.78, 5) is 10.2. The third-order valence-corrected chi connectivity index (χ3v) is 1.56. The number of ether oxygens (including phenoxy) is 3. The average Bonchev–Trinajstić information content (AvgIpc) is 2.04. The first kappa shape index (κ1) is 12.4. The fraction of sp³-hybridized carbons (Fsp3) is 0.889. The second-order valence-electron chi connectivity index (χ2n) is 3.06. The fourth-order valence-electron chi connectivity index (χ4n) is 0.932. The number of carbonyl (C=O) groups excluding carboxylic acids is 1. The molecule has 0 N–H and O–H groups in total. The predicted molar refractivity (Wildman–Crippen MR) is 48.3 cm³/mol. The molecule has 0 aliphatic rings. The SMILES string of the molecule is CCOC(OCC)C(C)(C)OC=O. The van der Waals surface area contributed by atoms with E-state index in [-0.39, 0.29) is 0 Å². The highest BCUT2D eigenvalue weighted by Crippen LogP contribution is 2.18. The second-order valence-corrected chi connectivity index (χ2v) is 3.06. The van der Waals surface area contributed by atoms with E-state index in [9.17, 15) is 4.79 Å². The molecule has 0 amide bonds. The lowest BCUT2D eigenvalue weighted by Crippen LogP contribution is -2.42. The van der Waals surface area contributed by atoms with Crippen LogP contribution in [0.1, 0.15) is 27.7 Å². The van der Waals surface area contributed by atoms with Crippen molar-refractivity contribution < 1.29 is 19.0 Å². The molecule has 0 rings (SSSR count). The summed E-state index contributed by atoms with van der Waals surface area (Å²) >= 11 is 0. The van der Waals surface area contributed by atoms with Gasteiger partial charge < -0.3 is 14.2 Å². The molecule has 0 aliphatic carbocycles. The molecule has 4 heteroatoms. The third kappa shape index (κ3) is 4.24. The van der Waals surface area contributed by atoms with Crippen molar-refractivity contribution in [1.82, 2.24) is 0 Å². The van der Waals surface area contributed by atoms with E-state index >= 15 is 0 Å². The first-order valence-electron chi connectivity index (χ1n) is 4.43. The molecule has 0 aromatic carbocycles. The van der Waals surface area contributed by atoms with Gasteiger partial charge in [0.05, 0.1) is 0 Å². The minimum absolute atomic E-state index is 0.408. The van der Waals surface area contributed by atoms with Crippen LogP contribution in [0.25, 0.3) is 0 Å². The van der Waals surface area contributed by atoms with Gasteiger partial charge in [-0.25, -0.2) is 0 Å².